The zero-order valence-corrected chi connectivity index (χ0v) is 18.4. The molecule has 1 saturated carbocycles. The number of carbonyl (C=O) groups excluding carboxylic acids is 3. The van der Waals surface area contributed by atoms with E-state index in [1.807, 2.05) is 12.1 Å². The molecule has 4 atom stereocenters. The van der Waals surface area contributed by atoms with Crippen LogP contribution in [0.3, 0.4) is 0 Å². The van der Waals surface area contributed by atoms with Crippen LogP contribution in [0.4, 0.5) is 10.1 Å². The van der Waals surface area contributed by atoms with Crippen molar-refractivity contribution in [3.63, 3.8) is 0 Å². The molecule has 0 radical (unpaired) electrons. The molecule has 2 amide bonds. The number of carbonyl (C=O) groups is 3. The summed E-state index contributed by atoms with van der Waals surface area (Å²) in [6.07, 6.45) is 5.08. The highest BCUT2D eigenvalue weighted by Gasteiger charge is 2.59. The minimum Gasteiger partial charge on any atom is -0.293 e. The van der Waals surface area contributed by atoms with Crippen molar-refractivity contribution >= 4 is 56.6 Å². The summed E-state index contributed by atoms with van der Waals surface area (Å²) in [4.78, 5) is 44.4. The summed E-state index contributed by atoms with van der Waals surface area (Å²) in [5, 5.41) is 0. The van der Waals surface area contributed by atoms with Gasteiger partial charge in [-0.15, -0.1) is 11.3 Å². The number of ketones is 1. The molecule has 2 aliphatic carbocycles. The Bertz CT molecular complexity index is 1290. The van der Waals surface area contributed by atoms with Crippen LogP contribution in [0.25, 0.3) is 10.2 Å². The van der Waals surface area contributed by atoms with Crippen molar-refractivity contribution in [2.45, 2.75) is 10.8 Å². The third kappa shape index (κ3) is 3.04. The van der Waals surface area contributed by atoms with E-state index in [9.17, 15) is 18.8 Å². The fourth-order valence-electron chi connectivity index (χ4n) is 5.10. The minimum absolute atomic E-state index is 0.0970. The first-order chi connectivity index (χ1) is 15.5. The standard InChI is InChI=1S/C24H17FN2O3S2/c25-15-5-3-12(4-6-15)18(28)11-31-24-26-17-8-7-16(10-19(17)32-24)27-22(29)20-13-1-2-14(9-13)21(20)23(27)30/h1-8,10,13-14,20-21H,9,11H2/t13-,14-,20-,21-/m0/s1. The molecule has 2 bridgehead atoms. The Balaban J connectivity index is 1.21. The van der Waals surface area contributed by atoms with Gasteiger partial charge in [-0.3, -0.25) is 14.4 Å². The average molecular weight is 465 g/mol. The van der Waals surface area contributed by atoms with E-state index in [0.29, 0.717) is 11.3 Å². The zero-order valence-electron chi connectivity index (χ0n) is 16.7. The van der Waals surface area contributed by atoms with Crippen LogP contribution in [-0.4, -0.2) is 28.3 Å². The van der Waals surface area contributed by atoms with Gasteiger partial charge in [0.25, 0.3) is 0 Å². The maximum absolute atomic E-state index is 13.1. The van der Waals surface area contributed by atoms with E-state index in [-0.39, 0.29) is 52.8 Å². The molecule has 3 aliphatic rings. The van der Waals surface area contributed by atoms with Gasteiger partial charge in [-0.05, 0) is 60.7 Å². The smallest absolute Gasteiger partial charge is 0.238 e. The number of thiazole rings is 1. The normalized spacial score (nSPS) is 25.8. The van der Waals surface area contributed by atoms with E-state index in [1.165, 1.54) is 52.3 Å². The number of thioether (sulfide) groups is 1. The fourth-order valence-corrected chi connectivity index (χ4v) is 7.09. The lowest BCUT2D eigenvalue weighted by atomic mass is 9.85. The first-order valence-corrected chi connectivity index (χ1v) is 12.2. The second-order valence-corrected chi connectivity index (χ2v) is 10.6. The number of anilines is 1. The highest BCUT2D eigenvalue weighted by Crippen LogP contribution is 2.53. The van der Waals surface area contributed by atoms with Gasteiger partial charge in [0.05, 0.1) is 33.5 Å². The van der Waals surface area contributed by atoms with Crippen molar-refractivity contribution in [3.8, 4) is 0 Å². The number of nitrogens with zero attached hydrogens (tertiary/aromatic N) is 2. The number of amides is 2. The molecule has 3 aromatic rings. The van der Waals surface area contributed by atoms with Crippen LogP contribution < -0.4 is 4.90 Å². The summed E-state index contributed by atoms with van der Waals surface area (Å²) in [5.74, 6) is -0.561. The summed E-state index contributed by atoms with van der Waals surface area (Å²) < 4.78 is 14.6. The molecule has 160 valence electrons. The van der Waals surface area contributed by atoms with Gasteiger partial charge >= 0.3 is 0 Å². The highest BCUT2D eigenvalue weighted by atomic mass is 32.2. The van der Waals surface area contributed by atoms with Crippen molar-refractivity contribution < 1.29 is 18.8 Å². The number of hydrogen-bond acceptors (Lipinski definition) is 6. The maximum Gasteiger partial charge on any atom is 0.238 e. The molecule has 2 fully saturated rings. The van der Waals surface area contributed by atoms with Gasteiger partial charge in [0, 0.05) is 5.56 Å². The first-order valence-electron chi connectivity index (χ1n) is 10.4. The van der Waals surface area contributed by atoms with Crippen molar-refractivity contribution in [2.75, 3.05) is 10.7 Å². The Morgan fingerprint density at radius 3 is 2.44 bits per heavy atom. The molecule has 8 heteroatoms. The number of aromatic nitrogens is 1. The van der Waals surface area contributed by atoms with Crippen molar-refractivity contribution in [3.05, 3.63) is 66.0 Å². The third-order valence-corrected chi connectivity index (χ3v) is 8.74. The number of hydrogen-bond donors (Lipinski definition) is 0. The fraction of sp³-hybridized carbons (Fsp3) is 0.250. The van der Waals surface area contributed by atoms with Crippen LogP contribution in [0.5, 0.6) is 0 Å². The molecule has 5 nitrogen and oxygen atoms in total. The van der Waals surface area contributed by atoms with Crippen molar-refractivity contribution in [1.82, 2.24) is 4.98 Å². The number of Topliss-reactive ketones (excluding diaryl/α,β-unsaturated/α-hetero) is 1. The van der Waals surface area contributed by atoms with Gasteiger partial charge in [0.2, 0.25) is 11.8 Å². The molecule has 1 saturated heterocycles. The number of fused-ring (bicyclic) bond motifs is 6. The molecular weight excluding hydrogens is 447 g/mol. The van der Waals surface area contributed by atoms with Crippen LogP contribution in [0, 0.1) is 29.5 Å². The zero-order chi connectivity index (χ0) is 22.0. The van der Waals surface area contributed by atoms with Crippen LogP contribution in [-0.2, 0) is 9.59 Å². The van der Waals surface area contributed by atoms with Gasteiger partial charge in [-0.2, -0.15) is 0 Å². The first kappa shape index (κ1) is 19.8. The van der Waals surface area contributed by atoms with Crippen LogP contribution in [0.15, 0.2) is 59.0 Å². The van der Waals surface area contributed by atoms with Gasteiger partial charge < -0.3 is 0 Å². The van der Waals surface area contributed by atoms with Gasteiger partial charge in [0.1, 0.15) is 5.82 Å². The predicted octanol–water partition coefficient (Wildman–Crippen LogP) is 4.72. The molecule has 2 heterocycles. The number of allylic oxidation sites excluding steroid dienone is 2. The molecule has 2 aromatic carbocycles. The van der Waals surface area contributed by atoms with E-state index < -0.39 is 0 Å². The molecule has 6 rings (SSSR count). The number of imide groups is 1. The number of benzene rings is 2. The summed E-state index contributed by atoms with van der Waals surface area (Å²) in [5.41, 5.74) is 1.81. The molecule has 0 N–H and O–H groups in total. The molecule has 0 spiro atoms. The van der Waals surface area contributed by atoms with Gasteiger partial charge in [0.15, 0.2) is 10.1 Å². The highest BCUT2D eigenvalue weighted by molar-refractivity contribution is 8.01. The molecule has 0 unspecified atom stereocenters. The Hall–Kier alpha value is -2.84. The van der Waals surface area contributed by atoms with E-state index in [1.54, 1.807) is 6.07 Å². The second kappa shape index (κ2) is 7.35. The molecule has 1 aliphatic heterocycles. The maximum atomic E-state index is 13.1. The minimum atomic E-state index is -0.376. The second-order valence-electron chi connectivity index (χ2n) is 8.36. The van der Waals surface area contributed by atoms with E-state index in [2.05, 4.69) is 17.1 Å². The van der Waals surface area contributed by atoms with Crippen LogP contribution >= 0.6 is 23.1 Å². The quantitative estimate of drug-likeness (QED) is 0.237. The molecule has 1 aromatic heterocycles. The van der Waals surface area contributed by atoms with Gasteiger partial charge in [-0.25, -0.2) is 14.3 Å². The topological polar surface area (TPSA) is 67.3 Å². The average Bonchev–Trinajstić information content (AvgIpc) is 3.55. The third-order valence-electron chi connectivity index (χ3n) is 6.57. The summed E-state index contributed by atoms with van der Waals surface area (Å²) in [6.45, 7) is 0. The van der Waals surface area contributed by atoms with Crippen LogP contribution in [0.1, 0.15) is 16.8 Å². The SMILES string of the molecule is O=C(CSc1nc2ccc(N3C(=O)[C@@H]4[C@@H](C3=O)[C@H]3C=C[C@H]4C3)cc2s1)c1ccc(F)cc1. The van der Waals surface area contributed by atoms with Crippen molar-refractivity contribution in [1.29, 1.82) is 0 Å². The summed E-state index contributed by atoms with van der Waals surface area (Å²) >= 11 is 2.75. The summed E-state index contributed by atoms with van der Waals surface area (Å²) in [7, 11) is 0. The van der Waals surface area contributed by atoms with Gasteiger partial charge in [-0.1, -0.05) is 23.9 Å². The Labute approximate surface area is 191 Å². The van der Waals surface area contributed by atoms with Crippen molar-refractivity contribution in [2.24, 2.45) is 23.7 Å². The lowest BCUT2D eigenvalue weighted by Gasteiger charge is -2.17. The Morgan fingerprint density at radius 1 is 1.06 bits per heavy atom. The molecular formula is C24H17FN2O3S2. The lowest BCUT2D eigenvalue weighted by Crippen LogP contribution is -2.32. The van der Waals surface area contributed by atoms with E-state index >= 15 is 0 Å². The predicted molar refractivity (Wildman–Crippen MR) is 121 cm³/mol. The van der Waals surface area contributed by atoms with E-state index in [0.717, 1.165) is 21.0 Å². The molecule has 32 heavy (non-hydrogen) atoms. The monoisotopic (exact) mass is 464 g/mol. The van der Waals surface area contributed by atoms with Crippen LogP contribution in [0.2, 0.25) is 0 Å². The number of rotatable bonds is 5. The largest absolute Gasteiger partial charge is 0.293 e. The number of halogens is 1. The Kier molecular flexibility index (Phi) is 4.55. The van der Waals surface area contributed by atoms with E-state index in [4.69, 9.17) is 0 Å². The summed E-state index contributed by atoms with van der Waals surface area (Å²) in [6, 6.07) is 10.9. The lowest BCUT2D eigenvalue weighted by molar-refractivity contribution is -0.123. The Morgan fingerprint density at radius 2 is 1.75 bits per heavy atom.